The third-order valence-corrected chi connectivity index (χ3v) is 6.37. The molecule has 1 aromatic rings. The van der Waals surface area contributed by atoms with Crippen molar-refractivity contribution in [2.24, 2.45) is 11.8 Å². The number of amides is 4. The van der Waals surface area contributed by atoms with Crippen LogP contribution in [0.15, 0.2) is 24.3 Å². The van der Waals surface area contributed by atoms with E-state index in [1.165, 1.54) is 0 Å². The van der Waals surface area contributed by atoms with Crippen molar-refractivity contribution in [3.63, 3.8) is 0 Å². The molecule has 0 aliphatic carbocycles. The van der Waals surface area contributed by atoms with E-state index in [-0.39, 0.29) is 24.3 Å². The van der Waals surface area contributed by atoms with E-state index in [0.29, 0.717) is 49.8 Å². The molecule has 0 unspecified atom stereocenters. The Balaban J connectivity index is 1.39. The second kappa shape index (κ2) is 8.16. The summed E-state index contributed by atoms with van der Waals surface area (Å²) in [5.41, 5.74) is -0.875. The summed E-state index contributed by atoms with van der Waals surface area (Å²) >= 11 is 0. The van der Waals surface area contributed by atoms with Gasteiger partial charge < -0.3 is 19.7 Å². The van der Waals surface area contributed by atoms with Crippen LogP contribution in [0, 0.1) is 11.8 Å². The van der Waals surface area contributed by atoms with Crippen molar-refractivity contribution in [2.45, 2.75) is 51.2 Å². The number of carbonyl (C=O) groups is 3. The molecule has 1 aromatic carbocycles. The SMILES string of the molecule is CC(C)CC[C@@]1(C2CCN(C(=O)[C@@H]3COc4ccccc4O3)CC2)NC(=O)NC1=O. The summed E-state index contributed by atoms with van der Waals surface area (Å²) in [6.45, 7) is 5.45. The quantitative estimate of drug-likeness (QED) is 0.718. The molecule has 0 aromatic heterocycles. The Morgan fingerprint density at radius 3 is 2.53 bits per heavy atom. The Morgan fingerprint density at radius 1 is 1.20 bits per heavy atom. The van der Waals surface area contributed by atoms with Gasteiger partial charge in [-0.3, -0.25) is 14.9 Å². The van der Waals surface area contributed by atoms with Crippen LogP contribution in [0.2, 0.25) is 0 Å². The lowest BCUT2D eigenvalue weighted by atomic mass is 9.74. The Morgan fingerprint density at radius 2 is 1.90 bits per heavy atom. The van der Waals surface area contributed by atoms with Crippen LogP contribution in [0.5, 0.6) is 11.5 Å². The minimum absolute atomic E-state index is 0.00370. The van der Waals surface area contributed by atoms with Crippen LogP contribution in [0.4, 0.5) is 4.79 Å². The zero-order valence-electron chi connectivity index (χ0n) is 17.5. The molecule has 3 aliphatic heterocycles. The lowest BCUT2D eigenvalue weighted by Gasteiger charge is -2.41. The minimum atomic E-state index is -0.875. The smallest absolute Gasteiger partial charge is 0.322 e. The van der Waals surface area contributed by atoms with E-state index in [1.54, 1.807) is 11.0 Å². The number of hydrogen-bond donors (Lipinski definition) is 2. The zero-order valence-corrected chi connectivity index (χ0v) is 17.5. The van der Waals surface area contributed by atoms with Gasteiger partial charge in [-0.05, 0) is 49.7 Å². The summed E-state index contributed by atoms with van der Waals surface area (Å²) in [5.74, 6) is 1.32. The Bertz CT molecular complexity index is 834. The predicted molar refractivity (Wildman–Crippen MR) is 109 cm³/mol. The number of urea groups is 1. The highest BCUT2D eigenvalue weighted by atomic mass is 16.6. The van der Waals surface area contributed by atoms with Crippen LogP contribution < -0.4 is 20.1 Å². The average molecular weight is 415 g/mol. The second-order valence-electron chi connectivity index (χ2n) is 8.78. The molecule has 0 saturated carbocycles. The number of hydrogen-bond acceptors (Lipinski definition) is 5. The molecule has 162 valence electrons. The van der Waals surface area contributed by atoms with Gasteiger partial charge in [0.2, 0.25) is 6.10 Å². The third-order valence-electron chi connectivity index (χ3n) is 6.37. The van der Waals surface area contributed by atoms with Crippen LogP contribution in [0.1, 0.15) is 39.5 Å². The summed E-state index contributed by atoms with van der Waals surface area (Å²) in [5, 5.41) is 5.33. The van der Waals surface area contributed by atoms with Crippen molar-refractivity contribution < 1.29 is 23.9 Å². The number of ether oxygens (including phenoxy) is 2. The van der Waals surface area contributed by atoms with E-state index < -0.39 is 17.7 Å². The first-order chi connectivity index (χ1) is 14.4. The monoisotopic (exact) mass is 415 g/mol. The van der Waals surface area contributed by atoms with Gasteiger partial charge in [-0.1, -0.05) is 26.0 Å². The maximum absolute atomic E-state index is 13.0. The van der Waals surface area contributed by atoms with Crippen LogP contribution in [0.25, 0.3) is 0 Å². The highest BCUT2D eigenvalue weighted by Crippen LogP contribution is 2.36. The van der Waals surface area contributed by atoms with Gasteiger partial charge >= 0.3 is 6.03 Å². The summed E-state index contributed by atoms with van der Waals surface area (Å²) in [6.07, 6.45) is 2.10. The molecule has 0 bridgehead atoms. The summed E-state index contributed by atoms with van der Waals surface area (Å²) in [6, 6.07) is 6.90. The van der Waals surface area contributed by atoms with E-state index in [4.69, 9.17) is 9.47 Å². The van der Waals surface area contributed by atoms with E-state index >= 15 is 0 Å². The number of likely N-dealkylation sites (tertiary alicyclic amines) is 1. The summed E-state index contributed by atoms with van der Waals surface area (Å²) < 4.78 is 11.5. The lowest BCUT2D eigenvalue weighted by Crippen LogP contribution is -2.57. The van der Waals surface area contributed by atoms with Crippen LogP contribution in [0.3, 0.4) is 0 Å². The molecule has 3 aliphatic rings. The van der Waals surface area contributed by atoms with Gasteiger partial charge in [0.1, 0.15) is 12.1 Å². The molecule has 2 fully saturated rings. The van der Waals surface area contributed by atoms with Crippen LogP contribution >= 0.6 is 0 Å². The lowest BCUT2D eigenvalue weighted by molar-refractivity contribution is -0.143. The number of piperidine rings is 1. The van der Waals surface area contributed by atoms with Crippen LogP contribution in [-0.2, 0) is 9.59 Å². The largest absolute Gasteiger partial charge is 0.485 e. The van der Waals surface area contributed by atoms with Gasteiger partial charge in [0.15, 0.2) is 11.5 Å². The fourth-order valence-electron chi connectivity index (χ4n) is 4.63. The summed E-state index contributed by atoms with van der Waals surface area (Å²) in [7, 11) is 0. The van der Waals surface area contributed by atoms with Crippen molar-refractivity contribution in [1.82, 2.24) is 15.5 Å². The molecular formula is C22H29N3O5. The molecule has 2 saturated heterocycles. The second-order valence-corrected chi connectivity index (χ2v) is 8.78. The molecule has 2 N–H and O–H groups in total. The summed E-state index contributed by atoms with van der Waals surface area (Å²) in [4.78, 5) is 39.3. The van der Waals surface area contributed by atoms with Gasteiger partial charge in [-0.25, -0.2) is 4.79 Å². The molecule has 30 heavy (non-hydrogen) atoms. The van der Waals surface area contributed by atoms with Crippen molar-refractivity contribution in [3.05, 3.63) is 24.3 Å². The molecule has 3 heterocycles. The number of rotatable bonds is 5. The molecule has 2 atom stereocenters. The molecule has 4 amide bonds. The topological polar surface area (TPSA) is 97.0 Å². The Hall–Kier alpha value is -2.77. The molecule has 4 rings (SSSR count). The van der Waals surface area contributed by atoms with Gasteiger partial charge in [-0.15, -0.1) is 0 Å². The number of nitrogens with zero attached hydrogens (tertiary/aromatic N) is 1. The molecule has 0 radical (unpaired) electrons. The fourth-order valence-corrected chi connectivity index (χ4v) is 4.63. The number of carbonyl (C=O) groups excluding carboxylic acids is 3. The first-order valence-electron chi connectivity index (χ1n) is 10.7. The Kier molecular flexibility index (Phi) is 5.58. The maximum Gasteiger partial charge on any atom is 0.322 e. The number of nitrogens with one attached hydrogen (secondary N) is 2. The number of para-hydroxylation sites is 2. The Labute approximate surface area is 176 Å². The van der Waals surface area contributed by atoms with Gasteiger partial charge in [0.05, 0.1) is 0 Å². The number of benzene rings is 1. The number of imide groups is 1. The molecule has 8 nitrogen and oxygen atoms in total. The van der Waals surface area contributed by atoms with E-state index in [9.17, 15) is 14.4 Å². The normalized spacial score (nSPS) is 26.5. The van der Waals surface area contributed by atoms with Crippen molar-refractivity contribution in [1.29, 1.82) is 0 Å². The van der Waals surface area contributed by atoms with Gasteiger partial charge in [0, 0.05) is 13.1 Å². The zero-order chi connectivity index (χ0) is 21.3. The van der Waals surface area contributed by atoms with Crippen molar-refractivity contribution >= 4 is 17.8 Å². The standard InChI is InChI=1S/C22H29N3O5/c1-14(2)7-10-22(20(27)23-21(28)24-22)15-8-11-25(12-9-15)19(26)18-13-29-16-5-3-4-6-17(16)30-18/h3-6,14-15,18H,7-13H2,1-2H3,(H2,23,24,27,28)/t18-,22-/m0/s1. The van der Waals surface area contributed by atoms with Gasteiger partial charge in [-0.2, -0.15) is 0 Å². The first-order valence-corrected chi connectivity index (χ1v) is 10.7. The fraction of sp³-hybridized carbons (Fsp3) is 0.591. The average Bonchev–Trinajstić information content (AvgIpc) is 3.05. The third kappa shape index (κ3) is 3.82. The van der Waals surface area contributed by atoms with E-state index in [2.05, 4.69) is 24.5 Å². The van der Waals surface area contributed by atoms with Crippen molar-refractivity contribution in [2.75, 3.05) is 19.7 Å². The van der Waals surface area contributed by atoms with Crippen LogP contribution in [-0.4, -0.2) is 54.1 Å². The number of fused-ring (bicyclic) bond motifs is 1. The first kappa shape index (κ1) is 20.5. The van der Waals surface area contributed by atoms with E-state index in [1.807, 2.05) is 18.2 Å². The minimum Gasteiger partial charge on any atom is -0.485 e. The van der Waals surface area contributed by atoms with E-state index in [0.717, 1.165) is 6.42 Å². The predicted octanol–water partition coefficient (Wildman–Crippen LogP) is 2.08. The molecular weight excluding hydrogens is 386 g/mol. The van der Waals surface area contributed by atoms with Crippen molar-refractivity contribution in [3.8, 4) is 11.5 Å². The molecule has 0 spiro atoms. The van der Waals surface area contributed by atoms with Gasteiger partial charge in [0.25, 0.3) is 11.8 Å². The molecule has 8 heteroatoms. The maximum atomic E-state index is 13.0. The highest BCUT2D eigenvalue weighted by molar-refractivity contribution is 6.07. The highest BCUT2D eigenvalue weighted by Gasteiger charge is 2.52.